The second kappa shape index (κ2) is 9.50. The summed E-state index contributed by atoms with van der Waals surface area (Å²) in [7, 11) is 0. The van der Waals surface area contributed by atoms with Crippen molar-refractivity contribution >= 4 is 54.4 Å². The highest BCUT2D eigenvalue weighted by atomic mass is 15.1. The van der Waals surface area contributed by atoms with Gasteiger partial charge in [0.05, 0.1) is 27.8 Å². The van der Waals surface area contributed by atoms with Crippen molar-refractivity contribution in [3.05, 3.63) is 158 Å². The van der Waals surface area contributed by atoms with Crippen LogP contribution in [0, 0.1) is 0 Å². The highest BCUT2D eigenvalue weighted by Gasteiger charge is 2.25. The van der Waals surface area contributed by atoms with Crippen LogP contribution in [0.1, 0.15) is 0 Å². The summed E-state index contributed by atoms with van der Waals surface area (Å²) in [6.07, 6.45) is 3.82. The quantitative estimate of drug-likeness (QED) is 0.199. The third-order valence-corrected chi connectivity index (χ3v) is 10.1. The molecule has 222 valence electrons. The Balaban J connectivity index is 1.12. The standard InChI is InChI=1S/C44H26N4/c1-2-10-30(11-3-1)47-38-15-6-4-12-32(38)35-23-27(17-19-40(35)47)28-18-20-41-36(24-28)33-13-5-7-16-39(33)48(41)42-25-29-9-8-14-34-31-21-22-45-26-37(31)44(46-42)43(29)34/h1-26H. The van der Waals surface area contributed by atoms with Crippen molar-refractivity contribution in [3.63, 3.8) is 0 Å². The van der Waals surface area contributed by atoms with Gasteiger partial charge < -0.3 is 4.57 Å². The van der Waals surface area contributed by atoms with Gasteiger partial charge in [0.15, 0.2) is 0 Å². The Labute approximate surface area is 275 Å². The minimum absolute atomic E-state index is 0.917. The number of nitrogens with zero attached hydrogens (tertiary/aromatic N) is 4. The Bertz CT molecular complexity index is 2950. The summed E-state index contributed by atoms with van der Waals surface area (Å²) in [5.74, 6) is 0.917. The number of hydrogen-bond donors (Lipinski definition) is 0. The first-order chi connectivity index (χ1) is 23.8. The van der Waals surface area contributed by atoms with Crippen molar-refractivity contribution in [2.75, 3.05) is 0 Å². The predicted octanol–water partition coefficient (Wildman–Crippen LogP) is 11.1. The fourth-order valence-electron chi connectivity index (χ4n) is 8.06. The number of benzene rings is 6. The fraction of sp³-hybridized carbons (Fsp3) is 0. The average Bonchev–Trinajstić information content (AvgIpc) is 3.78. The molecule has 0 aliphatic heterocycles. The Hall–Kier alpha value is -6.52. The van der Waals surface area contributed by atoms with Gasteiger partial charge in [-0.05, 0) is 88.3 Å². The minimum atomic E-state index is 0.917. The maximum Gasteiger partial charge on any atom is 0.138 e. The van der Waals surface area contributed by atoms with Gasteiger partial charge in [-0.15, -0.1) is 0 Å². The number of aromatic nitrogens is 4. The maximum atomic E-state index is 5.35. The number of fused-ring (bicyclic) bond motifs is 9. The molecule has 10 aromatic rings. The smallest absolute Gasteiger partial charge is 0.138 e. The molecule has 1 aliphatic carbocycles. The Morgan fingerprint density at radius 3 is 1.83 bits per heavy atom. The molecule has 0 N–H and O–H groups in total. The van der Waals surface area contributed by atoms with E-state index in [0.717, 1.165) is 28.1 Å². The summed E-state index contributed by atoms with van der Waals surface area (Å²) in [6.45, 7) is 0. The van der Waals surface area contributed by atoms with Gasteiger partial charge in [-0.3, -0.25) is 9.55 Å². The van der Waals surface area contributed by atoms with Gasteiger partial charge in [0, 0.05) is 50.6 Å². The fourth-order valence-corrected chi connectivity index (χ4v) is 8.06. The predicted molar refractivity (Wildman–Crippen MR) is 198 cm³/mol. The third-order valence-electron chi connectivity index (χ3n) is 10.1. The molecule has 4 heterocycles. The van der Waals surface area contributed by atoms with E-state index in [4.69, 9.17) is 4.98 Å². The summed E-state index contributed by atoms with van der Waals surface area (Å²) in [4.78, 5) is 9.81. The molecule has 1 aliphatic rings. The lowest BCUT2D eigenvalue weighted by Crippen LogP contribution is -1.99. The molecule has 0 radical (unpaired) electrons. The molecule has 0 saturated carbocycles. The summed E-state index contributed by atoms with van der Waals surface area (Å²) < 4.78 is 4.69. The van der Waals surface area contributed by atoms with Gasteiger partial charge in [-0.1, -0.05) is 84.9 Å². The van der Waals surface area contributed by atoms with Crippen molar-refractivity contribution in [1.29, 1.82) is 0 Å². The monoisotopic (exact) mass is 610 g/mol. The normalized spacial score (nSPS) is 12.2. The molecule has 4 aromatic heterocycles. The van der Waals surface area contributed by atoms with Crippen LogP contribution < -0.4 is 0 Å². The van der Waals surface area contributed by atoms with Gasteiger partial charge >= 0.3 is 0 Å². The lowest BCUT2D eigenvalue weighted by Gasteiger charge is -2.11. The van der Waals surface area contributed by atoms with Crippen molar-refractivity contribution in [3.8, 4) is 45.0 Å². The van der Waals surface area contributed by atoms with E-state index in [0.29, 0.717) is 0 Å². The molecule has 4 nitrogen and oxygen atoms in total. The van der Waals surface area contributed by atoms with E-state index < -0.39 is 0 Å². The molecule has 6 aromatic carbocycles. The van der Waals surface area contributed by atoms with Crippen LogP contribution in [0.5, 0.6) is 0 Å². The molecule has 0 saturated heterocycles. The zero-order valence-electron chi connectivity index (χ0n) is 25.8. The van der Waals surface area contributed by atoms with Crippen LogP contribution >= 0.6 is 0 Å². The summed E-state index contributed by atoms with van der Waals surface area (Å²) in [6, 6.07) is 52.6. The second-order valence-corrected chi connectivity index (χ2v) is 12.7. The molecular weight excluding hydrogens is 585 g/mol. The second-order valence-electron chi connectivity index (χ2n) is 12.7. The number of para-hydroxylation sites is 3. The van der Waals surface area contributed by atoms with Gasteiger partial charge in [0.2, 0.25) is 0 Å². The first kappa shape index (κ1) is 25.6. The first-order valence-corrected chi connectivity index (χ1v) is 16.3. The zero-order chi connectivity index (χ0) is 31.3. The van der Waals surface area contributed by atoms with Crippen LogP contribution in [-0.4, -0.2) is 19.1 Å². The molecule has 0 amide bonds. The molecule has 4 heteroatoms. The van der Waals surface area contributed by atoms with Crippen molar-refractivity contribution in [2.45, 2.75) is 0 Å². The summed E-state index contributed by atoms with van der Waals surface area (Å²) in [5.41, 5.74) is 12.8. The van der Waals surface area contributed by atoms with E-state index in [9.17, 15) is 0 Å². The van der Waals surface area contributed by atoms with E-state index in [1.165, 1.54) is 71.3 Å². The van der Waals surface area contributed by atoms with Crippen LogP contribution in [0.3, 0.4) is 0 Å². The van der Waals surface area contributed by atoms with Crippen molar-refractivity contribution in [1.82, 2.24) is 19.1 Å². The number of pyridine rings is 2. The van der Waals surface area contributed by atoms with E-state index in [1.54, 1.807) is 0 Å². The SMILES string of the molecule is c1ccc(-n2c3ccccc3c3cc(-c4ccc5c(c4)c4ccccc4n5-c4cc5cccc6c5c(n4)-c4cnccc4-6)ccc32)cc1. The summed E-state index contributed by atoms with van der Waals surface area (Å²) in [5, 5.41) is 7.33. The first-order valence-electron chi connectivity index (χ1n) is 16.3. The summed E-state index contributed by atoms with van der Waals surface area (Å²) >= 11 is 0. The molecule has 0 bridgehead atoms. The largest absolute Gasteiger partial charge is 0.309 e. The van der Waals surface area contributed by atoms with Gasteiger partial charge in [-0.2, -0.15) is 0 Å². The lowest BCUT2D eigenvalue weighted by atomic mass is 10.0. The van der Waals surface area contributed by atoms with Crippen LogP contribution in [0.4, 0.5) is 0 Å². The van der Waals surface area contributed by atoms with E-state index in [-0.39, 0.29) is 0 Å². The third kappa shape index (κ3) is 3.43. The average molecular weight is 611 g/mol. The van der Waals surface area contributed by atoms with E-state index in [2.05, 4.69) is 160 Å². The van der Waals surface area contributed by atoms with Crippen LogP contribution in [0.25, 0.3) is 99.4 Å². The topological polar surface area (TPSA) is 35.6 Å². The highest BCUT2D eigenvalue weighted by Crippen LogP contribution is 2.47. The van der Waals surface area contributed by atoms with Gasteiger partial charge in [0.25, 0.3) is 0 Å². The lowest BCUT2D eigenvalue weighted by molar-refractivity contribution is 1.09. The van der Waals surface area contributed by atoms with Gasteiger partial charge in [-0.25, -0.2) is 4.98 Å². The van der Waals surface area contributed by atoms with E-state index >= 15 is 0 Å². The van der Waals surface area contributed by atoms with Crippen molar-refractivity contribution < 1.29 is 0 Å². The molecule has 0 spiro atoms. The molecule has 0 fully saturated rings. The molecular formula is C44H26N4. The molecule has 11 rings (SSSR count). The van der Waals surface area contributed by atoms with Crippen molar-refractivity contribution in [2.24, 2.45) is 0 Å². The number of hydrogen-bond acceptors (Lipinski definition) is 2. The van der Waals surface area contributed by atoms with Crippen LogP contribution in [0.2, 0.25) is 0 Å². The maximum absolute atomic E-state index is 5.35. The van der Waals surface area contributed by atoms with Gasteiger partial charge in [0.1, 0.15) is 5.82 Å². The molecule has 0 atom stereocenters. The highest BCUT2D eigenvalue weighted by molar-refractivity contribution is 6.15. The minimum Gasteiger partial charge on any atom is -0.309 e. The van der Waals surface area contributed by atoms with E-state index in [1.807, 2.05) is 12.4 Å². The molecule has 0 unspecified atom stereocenters. The van der Waals surface area contributed by atoms with Crippen LogP contribution in [0.15, 0.2) is 158 Å². The Morgan fingerprint density at radius 1 is 0.438 bits per heavy atom. The zero-order valence-corrected chi connectivity index (χ0v) is 25.8. The van der Waals surface area contributed by atoms with Crippen LogP contribution in [-0.2, 0) is 0 Å². The Kier molecular flexibility index (Phi) is 5.08. The Morgan fingerprint density at radius 2 is 1.08 bits per heavy atom. The molecule has 48 heavy (non-hydrogen) atoms. The number of rotatable bonds is 3.